The average molecular weight is 604 g/mol. The summed E-state index contributed by atoms with van der Waals surface area (Å²) in [4.78, 5) is 5.25. The second-order valence-corrected chi connectivity index (χ2v) is 14.9. The molecule has 1 aromatic rings. The Labute approximate surface area is 274 Å². The average Bonchev–Trinajstić information content (AvgIpc) is 3.56. The first-order valence-electron chi connectivity index (χ1n) is 17.7. The van der Waals surface area contributed by atoms with Crippen LogP contribution in [0.3, 0.4) is 0 Å². The van der Waals surface area contributed by atoms with E-state index in [4.69, 9.17) is 4.99 Å². The van der Waals surface area contributed by atoms with Gasteiger partial charge in [-0.2, -0.15) is 0 Å². The van der Waals surface area contributed by atoms with Gasteiger partial charge in [-0.05, 0) is 115 Å². The lowest BCUT2D eigenvalue weighted by Crippen LogP contribution is -2.35. The van der Waals surface area contributed by atoms with Gasteiger partial charge in [0.1, 0.15) is 5.84 Å². The summed E-state index contributed by atoms with van der Waals surface area (Å²) in [6, 6.07) is 0.109. The summed E-state index contributed by atoms with van der Waals surface area (Å²) >= 11 is 0. The van der Waals surface area contributed by atoms with Gasteiger partial charge in [-0.1, -0.05) is 98.4 Å². The molecule has 9 rings (SSSR count). The summed E-state index contributed by atoms with van der Waals surface area (Å²) in [5.74, 6) is 3.09. The molecule has 0 aromatic carbocycles. The fraction of sp³-hybridized carbons (Fsp3) is 0.372. The van der Waals surface area contributed by atoms with Crippen molar-refractivity contribution in [2.75, 3.05) is 0 Å². The lowest BCUT2D eigenvalue weighted by atomic mass is 9.70. The van der Waals surface area contributed by atoms with Gasteiger partial charge in [0.15, 0.2) is 0 Å². The fourth-order valence-corrected chi connectivity index (χ4v) is 9.51. The van der Waals surface area contributed by atoms with Crippen molar-refractivity contribution in [3.8, 4) is 0 Å². The maximum atomic E-state index is 5.25. The molecule has 232 valence electrons. The standard InChI is InChI=1S/C43H45N3/c1-43(2)36-19-11-9-17-32(36)34-26-41-35(25-37(34)43)33-18-10-12-20-40(33)46(41)31-23-21-29(22-24-31)39-27-38(28-13-5-3-6-14-28)44-42(45-39)30-15-7-4-8-16-30/h3-5,7,9,11-13,15,17,19-21,23-24,26-27,29,32,36-38H,6,8,10,14,16,18,22,25H2,1-2H3,(H,44,45). The fourth-order valence-electron chi connectivity index (χ4n) is 9.51. The largest absolute Gasteiger partial charge is 0.343 e. The van der Waals surface area contributed by atoms with E-state index in [2.05, 4.69) is 127 Å². The Bertz CT molecular complexity index is 1860. The number of allylic oxidation sites excluding steroid dienone is 16. The lowest BCUT2D eigenvalue weighted by molar-refractivity contribution is 0.216. The molecule has 5 unspecified atom stereocenters. The lowest BCUT2D eigenvalue weighted by Gasteiger charge is -2.34. The SMILES string of the molecule is CC1(C)C2Cc3c4c(n(C5=CCC(C6=CC(C7=CC=CCC7)N=C(C7=CC=CCC7)N6)C=C5)c3C=C2C2C=CC=CC21)C=CCC4. The number of fused-ring (bicyclic) bond motifs is 6. The minimum absolute atomic E-state index is 0.109. The first-order chi connectivity index (χ1) is 22.6. The minimum Gasteiger partial charge on any atom is -0.343 e. The van der Waals surface area contributed by atoms with Crippen molar-refractivity contribution in [1.82, 2.24) is 9.88 Å². The molecule has 0 saturated heterocycles. The highest BCUT2D eigenvalue weighted by molar-refractivity contribution is 6.01. The number of hydrogen-bond acceptors (Lipinski definition) is 2. The number of hydrogen-bond donors (Lipinski definition) is 1. The minimum atomic E-state index is 0.109. The number of aromatic nitrogens is 1. The van der Waals surface area contributed by atoms with E-state index in [1.807, 2.05) is 0 Å². The summed E-state index contributed by atoms with van der Waals surface area (Å²) < 4.78 is 2.61. The number of nitrogens with zero attached hydrogens (tertiary/aromatic N) is 2. The Hall–Kier alpha value is -4.11. The Morgan fingerprint density at radius 2 is 1.70 bits per heavy atom. The van der Waals surface area contributed by atoms with E-state index in [1.165, 1.54) is 40.3 Å². The zero-order valence-electron chi connectivity index (χ0n) is 27.3. The zero-order chi connectivity index (χ0) is 30.8. The van der Waals surface area contributed by atoms with Crippen molar-refractivity contribution < 1.29 is 0 Å². The van der Waals surface area contributed by atoms with E-state index < -0.39 is 0 Å². The molecule has 0 radical (unpaired) electrons. The van der Waals surface area contributed by atoms with Crippen LogP contribution in [0.2, 0.25) is 0 Å². The molecular formula is C43H45N3. The van der Waals surface area contributed by atoms with Gasteiger partial charge >= 0.3 is 0 Å². The quantitative estimate of drug-likeness (QED) is 0.365. The Morgan fingerprint density at radius 3 is 2.50 bits per heavy atom. The highest BCUT2D eigenvalue weighted by atomic mass is 15.1. The highest BCUT2D eigenvalue weighted by Crippen LogP contribution is 2.59. The van der Waals surface area contributed by atoms with E-state index in [0.717, 1.165) is 50.8 Å². The van der Waals surface area contributed by atoms with Crippen molar-refractivity contribution in [2.24, 2.45) is 34.1 Å². The van der Waals surface area contributed by atoms with Crippen LogP contribution >= 0.6 is 0 Å². The molecule has 0 spiro atoms. The molecule has 7 aliphatic carbocycles. The third-order valence-electron chi connectivity index (χ3n) is 12.0. The Morgan fingerprint density at radius 1 is 0.848 bits per heavy atom. The maximum absolute atomic E-state index is 5.25. The van der Waals surface area contributed by atoms with Crippen LogP contribution in [0, 0.1) is 29.1 Å². The van der Waals surface area contributed by atoms with E-state index >= 15 is 0 Å². The third-order valence-corrected chi connectivity index (χ3v) is 12.0. The molecule has 2 heterocycles. The summed E-state index contributed by atoms with van der Waals surface area (Å²) in [6.45, 7) is 5.02. The van der Waals surface area contributed by atoms with Crippen molar-refractivity contribution in [3.63, 3.8) is 0 Å². The summed E-state index contributed by atoms with van der Waals surface area (Å²) in [5, 5.41) is 3.81. The Balaban J connectivity index is 1.06. The van der Waals surface area contributed by atoms with E-state index in [1.54, 1.807) is 16.7 Å². The van der Waals surface area contributed by atoms with Crippen LogP contribution in [0.15, 0.2) is 119 Å². The molecule has 3 nitrogen and oxygen atoms in total. The molecule has 46 heavy (non-hydrogen) atoms. The van der Waals surface area contributed by atoms with Crippen molar-refractivity contribution in [2.45, 2.75) is 71.3 Å². The zero-order valence-corrected chi connectivity index (χ0v) is 27.3. The first kappa shape index (κ1) is 28.1. The maximum Gasteiger partial charge on any atom is 0.129 e. The van der Waals surface area contributed by atoms with Crippen LogP contribution in [0.25, 0.3) is 17.8 Å². The second-order valence-electron chi connectivity index (χ2n) is 14.9. The van der Waals surface area contributed by atoms with Crippen LogP contribution in [0.5, 0.6) is 0 Å². The number of aliphatic imine (C=N–C) groups is 1. The van der Waals surface area contributed by atoms with Gasteiger partial charge < -0.3 is 9.88 Å². The van der Waals surface area contributed by atoms with Gasteiger partial charge in [-0.3, -0.25) is 4.99 Å². The Kier molecular flexibility index (Phi) is 6.73. The molecule has 1 saturated carbocycles. The molecule has 5 atom stereocenters. The predicted molar refractivity (Wildman–Crippen MR) is 193 cm³/mol. The smallest absolute Gasteiger partial charge is 0.129 e. The van der Waals surface area contributed by atoms with Gasteiger partial charge in [0.2, 0.25) is 0 Å². The normalized spacial score (nSPS) is 31.4. The van der Waals surface area contributed by atoms with Crippen molar-refractivity contribution in [1.29, 1.82) is 0 Å². The summed E-state index contributed by atoms with van der Waals surface area (Å²) in [5.41, 5.74) is 13.3. The number of amidine groups is 1. The van der Waals surface area contributed by atoms with Crippen LogP contribution in [0.4, 0.5) is 0 Å². The summed E-state index contributed by atoms with van der Waals surface area (Å²) in [7, 11) is 0. The van der Waals surface area contributed by atoms with Crippen molar-refractivity contribution >= 4 is 23.7 Å². The number of rotatable bonds is 4. The van der Waals surface area contributed by atoms with Crippen LogP contribution in [-0.4, -0.2) is 16.4 Å². The van der Waals surface area contributed by atoms with E-state index in [-0.39, 0.29) is 11.5 Å². The monoisotopic (exact) mass is 603 g/mol. The van der Waals surface area contributed by atoms with Gasteiger partial charge in [0.05, 0.1) is 6.04 Å². The third kappa shape index (κ3) is 4.49. The molecule has 1 aromatic heterocycles. The van der Waals surface area contributed by atoms with E-state index in [9.17, 15) is 0 Å². The molecular weight excluding hydrogens is 558 g/mol. The highest BCUT2D eigenvalue weighted by Gasteiger charge is 2.52. The van der Waals surface area contributed by atoms with Crippen molar-refractivity contribution in [3.05, 3.63) is 136 Å². The first-order valence-corrected chi connectivity index (χ1v) is 17.7. The van der Waals surface area contributed by atoms with Gasteiger partial charge in [-0.15, -0.1) is 0 Å². The molecule has 0 bridgehead atoms. The summed E-state index contributed by atoms with van der Waals surface area (Å²) in [6.07, 6.45) is 48.9. The molecule has 1 fully saturated rings. The predicted octanol–water partition coefficient (Wildman–Crippen LogP) is 9.63. The van der Waals surface area contributed by atoms with Crippen LogP contribution < -0.4 is 5.32 Å². The van der Waals surface area contributed by atoms with Gasteiger partial charge in [-0.25, -0.2) is 0 Å². The topological polar surface area (TPSA) is 29.3 Å². The van der Waals surface area contributed by atoms with E-state index in [0.29, 0.717) is 23.7 Å². The second kappa shape index (κ2) is 11.0. The molecule has 8 aliphatic rings. The number of nitrogens with one attached hydrogen (secondary N) is 1. The van der Waals surface area contributed by atoms with Crippen LogP contribution in [-0.2, 0) is 12.8 Å². The van der Waals surface area contributed by atoms with Gasteiger partial charge in [0.25, 0.3) is 0 Å². The van der Waals surface area contributed by atoms with Gasteiger partial charge in [0, 0.05) is 34.6 Å². The molecule has 3 heteroatoms. The molecule has 1 N–H and O–H groups in total. The molecule has 1 aliphatic heterocycles. The molecule has 0 amide bonds. The van der Waals surface area contributed by atoms with Crippen LogP contribution in [0.1, 0.15) is 74.9 Å².